The van der Waals surface area contributed by atoms with Gasteiger partial charge in [0.25, 0.3) is 0 Å². The first kappa shape index (κ1) is 15.9. The molecule has 0 spiro atoms. The second kappa shape index (κ2) is 8.71. The van der Waals surface area contributed by atoms with Crippen LogP contribution in [-0.4, -0.2) is 43.5 Å². The molecule has 20 heavy (non-hydrogen) atoms. The molecular formula is C17H27NOS. The topological polar surface area (TPSA) is 12.5 Å². The van der Waals surface area contributed by atoms with Crippen molar-refractivity contribution in [2.24, 2.45) is 11.8 Å². The molecular weight excluding hydrogens is 266 g/mol. The largest absolute Gasteiger partial charge is 0.379 e. The second-order valence-corrected chi connectivity index (χ2v) is 7.15. The summed E-state index contributed by atoms with van der Waals surface area (Å²) in [6, 6.07) is 10.5. The number of nitrogens with zero attached hydrogens (tertiary/aromatic N) is 1. The average Bonchev–Trinajstić information content (AvgIpc) is 2.43. The maximum Gasteiger partial charge on any atom is 0.0593 e. The van der Waals surface area contributed by atoms with Crippen LogP contribution in [0.2, 0.25) is 0 Å². The first-order chi connectivity index (χ1) is 9.74. The molecule has 0 N–H and O–H groups in total. The molecule has 1 aromatic rings. The minimum absolute atomic E-state index is 0.840. The number of likely N-dealkylation sites (tertiary alicyclic amines) is 1. The van der Waals surface area contributed by atoms with E-state index in [-0.39, 0.29) is 0 Å². The molecule has 1 aliphatic rings. The summed E-state index contributed by atoms with van der Waals surface area (Å²) in [6.45, 7) is 10.0. The summed E-state index contributed by atoms with van der Waals surface area (Å²) in [5.41, 5.74) is 0. The van der Waals surface area contributed by atoms with Crippen molar-refractivity contribution in [2.75, 3.05) is 38.6 Å². The quantitative estimate of drug-likeness (QED) is 0.561. The average molecular weight is 293 g/mol. The Balaban J connectivity index is 1.51. The minimum Gasteiger partial charge on any atom is -0.379 e. The van der Waals surface area contributed by atoms with E-state index in [1.165, 1.54) is 24.4 Å². The van der Waals surface area contributed by atoms with E-state index in [4.69, 9.17) is 4.74 Å². The van der Waals surface area contributed by atoms with E-state index < -0.39 is 0 Å². The Hall–Kier alpha value is -0.510. The fourth-order valence-corrected chi connectivity index (χ4v) is 3.79. The zero-order chi connectivity index (χ0) is 14.2. The van der Waals surface area contributed by atoms with Crippen LogP contribution in [0.3, 0.4) is 0 Å². The van der Waals surface area contributed by atoms with E-state index in [0.717, 1.165) is 37.3 Å². The number of rotatable bonds is 7. The normalized spacial score (nSPS) is 23.9. The van der Waals surface area contributed by atoms with Gasteiger partial charge in [-0.3, -0.25) is 0 Å². The van der Waals surface area contributed by atoms with Crippen LogP contribution in [0.4, 0.5) is 0 Å². The van der Waals surface area contributed by atoms with Gasteiger partial charge < -0.3 is 9.64 Å². The zero-order valence-corrected chi connectivity index (χ0v) is 13.6. The van der Waals surface area contributed by atoms with E-state index in [1.807, 2.05) is 11.8 Å². The summed E-state index contributed by atoms with van der Waals surface area (Å²) in [5.74, 6) is 2.72. The van der Waals surface area contributed by atoms with Crippen LogP contribution in [-0.2, 0) is 4.74 Å². The Labute approximate surface area is 127 Å². The number of piperidine rings is 1. The molecule has 0 saturated carbocycles. The van der Waals surface area contributed by atoms with Gasteiger partial charge in [-0.25, -0.2) is 0 Å². The van der Waals surface area contributed by atoms with Crippen molar-refractivity contribution in [2.45, 2.75) is 25.2 Å². The third-order valence-electron chi connectivity index (χ3n) is 3.74. The van der Waals surface area contributed by atoms with Gasteiger partial charge in [0.05, 0.1) is 13.2 Å². The lowest BCUT2D eigenvalue weighted by Crippen LogP contribution is -2.40. The van der Waals surface area contributed by atoms with Crippen molar-refractivity contribution in [3.05, 3.63) is 30.3 Å². The second-order valence-electron chi connectivity index (χ2n) is 5.98. The predicted octanol–water partition coefficient (Wildman–Crippen LogP) is 3.77. The Morgan fingerprint density at radius 2 is 1.80 bits per heavy atom. The highest BCUT2D eigenvalue weighted by Crippen LogP contribution is 2.20. The summed E-state index contributed by atoms with van der Waals surface area (Å²) in [4.78, 5) is 3.89. The van der Waals surface area contributed by atoms with Crippen LogP contribution in [0.5, 0.6) is 0 Å². The number of hydrogen-bond donors (Lipinski definition) is 0. The third kappa shape index (κ3) is 5.86. The van der Waals surface area contributed by atoms with Gasteiger partial charge in [0.1, 0.15) is 0 Å². The first-order valence-corrected chi connectivity index (χ1v) is 8.70. The lowest BCUT2D eigenvalue weighted by atomic mass is 9.92. The summed E-state index contributed by atoms with van der Waals surface area (Å²) < 4.78 is 5.77. The molecule has 2 nitrogen and oxygen atoms in total. The molecule has 2 rings (SSSR count). The van der Waals surface area contributed by atoms with Gasteiger partial charge >= 0.3 is 0 Å². The van der Waals surface area contributed by atoms with Crippen molar-refractivity contribution in [1.82, 2.24) is 4.90 Å². The molecule has 0 aliphatic carbocycles. The van der Waals surface area contributed by atoms with Crippen molar-refractivity contribution < 1.29 is 4.74 Å². The van der Waals surface area contributed by atoms with E-state index >= 15 is 0 Å². The van der Waals surface area contributed by atoms with Crippen LogP contribution < -0.4 is 0 Å². The predicted molar refractivity (Wildman–Crippen MR) is 87.4 cm³/mol. The molecule has 112 valence electrons. The van der Waals surface area contributed by atoms with Crippen molar-refractivity contribution in [3.63, 3.8) is 0 Å². The third-order valence-corrected chi connectivity index (χ3v) is 4.71. The van der Waals surface area contributed by atoms with Crippen LogP contribution in [0.15, 0.2) is 35.2 Å². The molecule has 1 saturated heterocycles. The number of hydrogen-bond acceptors (Lipinski definition) is 3. The van der Waals surface area contributed by atoms with Crippen LogP contribution in [0, 0.1) is 11.8 Å². The number of thioether (sulfide) groups is 1. The minimum atomic E-state index is 0.840. The SMILES string of the molecule is C[C@@H]1C[C@@H](C)CN(CCOCCSc2ccccc2)C1. The molecule has 1 heterocycles. The van der Waals surface area contributed by atoms with E-state index in [0.29, 0.717) is 0 Å². The molecule has 0 unspecified atom stereocenters. The van der Waals surface area contributed by atoms with E-state index in [1.54, 1.807) is 0 Å². The molecule has 0 aromatic heterocycles. The number of benzene rings is 1. The van der Waals surface area contributed by atoms with Gasteiger partial charge in [0, 0.05) is 30.3 Å². The highest BCUT2D eigenvalue weighted by Gasteiger charge is 2.20. The summed E-state index contributed by atoms with van der Waals surface area (Å²) in [6.07, 6.45) is 1.38. The van der Waals surface area contributed by atoms with E-state index in [2.05, 4.69) is 49.1 Å². The van der Waals surface area contributed by atoms with Crippen LogP contribution >= 0.6 is 11.8 Å². The fourth-order valence-electron chi connectivity index (χ4n) is 3.01. The molecule has 2 atom stereocenters. The molecule has 3 heteroatoms. The lowest BCUT2D eigenvalue weighted by molar-refractivity contribution is 0.0803. The van der Waals surface area contributed by atoms with Gasteiger partial charge in [0.2, 0.25) is 0 Å². The van der Waals surface area contributed by atoms with Crippen molar-refractivity contribution in [3.8, 4) is 0 Å². The maximum atomic E-state index is 5.77. The molecule has 1 aromatic carbocycles. The monoisotopic (exact) mass is 293 g/mol. The molecule has 0 amide bonds. The lowest BCUT2D eigenvalue weighted by Gasteiger charge is -2.34. The summed E-state index contributed by atoms with van der Waals surface area (Å²) >= 11 is 1.87. The van der Waals surface area contributed by atoms with Gasteiger partial charge in [-0.15, -0.1) is 11.8 Å². The standard InChI is InChI=1S/C17H27NOS/c1-15-12-16(2)14-18(13-15)8-9-19-10-11-20-17-6-4-3-5-7-17/h3-7,15-16H,8-14H2,1-2H3/t15-,16-/m1/s1. The van der Waals surface area contributed by atoms with Gasteiger partial charge in [0.15, 0.2) is 0 Å². The summed E-state index contributed by atoms with van der Waals surface area (Å²) in [5, 5.41) is 0. The van der Waals surface area contributed by atoms with Gasteiger partial charge in [-0.2, -0.15) is 0 Å². The molecule has 0 radical (unpaired) electrons. The zero-order valence-electron chi connectivity index (χ0n) is 12.8. The van der Waals surface area contributed by atoms with Crippen LogP contribution in [0.25, 0.3) is 0 Å². The maximum absolute atomic E-state index is 5.77. The highest BCUT2D eigenvalue weighted by atomic mass is 32.2. The summed E-state index contributed by atoms with van der Waals surface area (Å²) in [7, 11) is 0. The van der Waals surface area contributed by atoms with E-state index in [9.17, 15) is 0 Å². The Bertz CT molecular complexity index is 361. The molecule has 0 bridgehead atoms. The Morgan fingerprint density at radius 3 is 2.50 bits per heavy atom. The van der Waals surface area contributed by atoms with Gasteiger partial charge in [-0.1, -0.05) is 32.0 Å². The van der Waals surface area contributed by atoms with Gasteiger partial charge in [-0.05, 0) is 30.4 Å². The Kier molecular flexibility index (Phi) is 6.91. The smallest absolute Gasteiger partial charge is 0.0593 e. The Morgan fingerprint density at radius 1 is 1.10 bits per heavy atom. The number of ether oxygens (including phenoxy) is 1. The molecule has 1 aliphatic heterocycles. The van der Waals surface area contributed by atoms with Crippen LogP contribution in [0.1, 0.15) is 20.3 Å². The molecule has 1 fully saturated rings. The van der Waals surface area contributed by atoms with Crippen molar-refractivity contribution >= 4 is 11.8 Å². The highest BCUT2D eigenvalue weighted by molar-refractivity contribution is 7.99. The fraction of sp³-hybridized carbons (Fsp3) is 0.647. The van der Waals surface area contributed by atoms with Crippen molar-refractivity contribution in [1.29, 1.82) is 0 Å². The first-order valence-electron chi connectivity index (χ1n) is 7.72.